The highest BCUT2D eigenvalue weighted by Gasteiger charge is 2.03. The second-order valence-electron chi connectivity index (χ2n) is 2.97. The number of benzene rings is 1. The van der Waals surface area contributed by atoms with Crippen molar-refractivity contribution < 1.29 is 0 Å². The predicted molar refractivity (Wildman–Crippen MR) is 54.4 cm³/mol. The lowest BCUT2D eigenvalue weighted by molar-refractivity contribution is 1.04. The lowest BCUT2D eigenvalue weighted by Gasteiger charge is -2.00. The molecule has 14 heavy (non-hydrogen) atoms. The molecular weight excluding hydrogens is 178 g/mol. The summed E-state index contributed by atoms with van der Waals surface area (Å²) in [4.78, 5) is 4.22. The Bertz CT molecular complexity index is 434. The van der Waals surface area contributed by atoms with Crippen LogP contribution in [0.1, 0.15) is 5.82 Å². The summed E-state index contributed by atoms with van der Waals surface area (Å²) in [5, 5.41) is 6.85. The number of nitrogens with two attached hydrogens (primary N) is 1. The zero-order chi connectivity index (χ0) is 9.97. The van der Waals surface area contributed by atoms with Crippen LogP contribution in [0.2, 0.25) is 0 Å². The molecule has 5 heteroatoms. The van der Waals surface area contributed by atoms with E-state index in [-0.39, 0.29) is 0 Å². The first-order valence-electron chi connectivity index (χ1n) is 4.25. The molecule has 1 aromatic heterocycles. The van der Waals surface area contributed by atoms with Crippen LogP contribution in [-0.4, -0.2) is 15.2 Å². The molecule has 2 rings (SSSR count). The van der Waals surface area contributed by atoms with E-state index in [0.717, 1.165) is 17.1 Å². The van der Waals surface area contributed by atoms with Gasteiger partial charge in [0.05, 0.1) is 0 Å². The van der Waals surface area contributed by atoms with E-state index in [9.17, 15) is 0 Å². The SMILES string of the molecule is Cc1nc(-c2cccc(NN)c2)n[nH]1. The lowest BCUT2D eigenvalue weighted by atomic mass is 10.2. The van der Waals surface area contributed by atoms with Crippen LogP contribution in [0, 0.1) is 6.92 Å². The van der Waals surface area contributed by atoms with Gasteiger partial charge in [-0.3, -0.25) is 10.9 Å². The molecule has 0 aliphatic rings. The van der Waals surface area contributed by atoms with Gasteiger partial charge in [-0.05, 0) is 19.1 Å². The number of anilines is 1. The van der Waals surface area contributed by atoms with Gasteiger partial charge in [0, 0.05) is 11.3 Å². The van der Waals surface area contributed by atoms with Crippen molar-refractivity contribution in [2.45, 2.75) is 6.92 Å². The molecular formula is C9H11N5. The van der Waals surface area contributed by atoms with Crippen LogP contribution in [0.25, 0.3) is 11.4 Å². The second-order valence-corrected chi connectivity index (χ2v) is 2.97. The molecule has 0 saturated carbocycles. The van der Waals surface area contributed by atoms with Crippen LogP contribution in [0.15, 0.2) is 24.3 Å². The smallest absolute Gasteiger partial charge is 0.181 e. The van der Waals surface area contributed by atoms with E-state index >= 15 is 0 Å². The van der Waals surface area contributed by atoms with E-state index in [1.807, 2.05) is 31.2 Å². The minimum absolute atomic E-state index is 0.680. The number of hydrogen-bond acceptors (Lipinski definition) is 4. The standard InChI is InChI=1S/C9H11N5/c1-6-11-9(14-13-6)7-3-2-4-8(5-7)12-10/h2-5,12H,10H2,1H3,(H,11,13,14). The molecule has 0 atom stereocenters. The van der Waals surface area contributed by atoms with Gasteiger partial charge in [0.15, 0.2) is 5.82 Å². The van der Waals surface area contributed by atoms with Crippen molar-refractivity contribution in [1.29, 1.82) is 0 Å². The second kappa shape index (κ2) is 3.47. The van der Waals surface area contributed by atoms with E-state index in [2.05, 4.69) is 20.6 Å². The summed E-state index contributed by atoms with van der Waals surface area (Å²) < 4.78 is 0. The first-order chi connectivity index (χ1) is 6.79. The van der Waals surface area contributed by atoms with Gasteiger partial charge in [0.2, 0.25) is 0 Å². The van der Waals surface area contributed by atoms with Crippen LogP contribution in [0.3, 0.4) is 0 Å². The third-order valence-corrected chi connectivity index (χ3v) is 1.88. The molecule has 4 N–H and O–H groups in total. The van der Waals surface area contributed by atoms with Gasteiger partial charge >= 0.3 is 0 Å². The van der Waals surface area contributed by atoms with Crippen LogP contribution in [0.5, 0.6) is 0 Å². The highest BCUT2D eigenvalue weighted by Crippen LogP contribution is 2.18. The quantitative estimate of drug-likeness (QED) is 0.487. The highest BCUT2D eigenvalue weighted by molar-refractivity contribution is 5.61. The zero-order valence-corrected chi connectivity index (χ0v) is 7.78. The average Bonchev–Trinajstić information content (AvgIpc) is 2.65. The molecule has 0 amide bonds. The van der Waals surface area contributed by atoms with E-state index in [0.29, 0.717) is 5.82 Å². The Hall–Kier alpha value is -1.88. The van der Waals surface area contributed by atoms with Crippen molar-refractivity contribution in [3.63, 3.8) is 0 Å². The fraction of sp³-hybridized carbons (Fsp3) is 0.111. The Kier molecular flexibility index (Phi) is 2.16. The minimum atomic E-state index is 0.680. The Labute approximate surface area is 81.3 Å². The predicted octanol–water partition coefficient (Wildman–Crippen LogP) is 1.07. The van der Waals surface area contributed by atoms with Gasteiger partial charge in [-0.25, -0.2) is 4.98 Å². The molecule has 5 nitrogen and oxygen atoms in total. The van der Waals surface area contributed by atoms with Gasteiger partial charge in [-0.15, -0.1) is 0 Å². The Balaban J connectivity index is 2.41. The monoisotopic (exact) mass is 189 g/mol. The number of hydrogen-bond donors (Lipinski definition) is 3. The summed E-state index contributed by atoms with van der Waals surface area (Å²) in [6.07, 6.45) is 0. The number of aromatic amines is 1. The van der Waals surface area contributed by atoms with E-state index in [4.69, 9.17) is 5.84 Å². The summed E-state index contributed by atoms with van der Waals surface area (Å²) >= 11 is 0. The van der Waals surface area contributed by atoms with Crippen LogP contribution in [0.4, 0.5) is 5.69 Å². The summed E-state index contributed by atoms with van der Waals surface area (Å²) in [5.74, 6) is 6.78. The Morgan fingerprint density at radius 2 is 2.29 bits per heavy atom. The van der Waals surface area contributed by atoms with Crippen molar-refractivity contribution in [1.82, 2.24) is 15.2 Å². The number of rotatable bonds is 2. The van der Waals surface area contributed by atoms with Crippen LogP contribution >= 0.6 is 0 Å². The van der Waals surface area contributed by atoms with Crippen molar-refractivity contribution in [2.24, 2.45) is 5.84 Å². The molecule has 1 heterocycles. The minimum Gasteiger partial charge on any atom is -0.324 e. The third kappa shape index (κ3) is 1.57. The maximum atomic E-state index is 5.30. The number of H-pyrrole nitrogens is 1. The largest absolute Gasteiger partial charge is 0.324 e. The molecule has 2 aromatic rings. The number of aryl methyl sites for hydroxylation is 1. The Morgan fingerprint density at radius 3 is 2.93 bits per heavy atom. The summed E-state index contributed by atoms with van der Waals surface area (Å²) in [6.45, 7) is 1.86. The molecule has 0 radical (unpaired) electrons. The normalized spacial score (nSPS) is 10.1. The van der Waals surface area contributed by atoms with Crippen LogP contribution < -0.4 is 11.3 Å². The molecule has 0 aliphatic heterocycles. The number of hydrazine groups is 1. The van der Waals surface area contributed by atoms with E-state index in [1.54, 1.807) is 0 Å². The fourth-order valence-corrected chi connectivity index (χ4v) is 1.22. The van der Waals surface area contributed by atoms with Crippen molar-refractivity contribution in [3.8, 4) is 11.4 Å². The summed E-state index contributed by atoms with van der Waals surface area (Å²) in [7, 11) is 0. The number of nitrogen functional groups attached to an aromatic ring is 1. The van der Waals surface area contributed by atoms with Gasteiger partial charge in [0.1, 0.15) is 5.82 Å². The summed E-state index contributed by atoms with van der Waals surface area (Å²) in [6, 6.07) is 7.60. The molecule has 0 saturated heterocycles. The number of aromatic nitrogens is 3. The molecule has 0 aliphatic carbocycles. The number of nitrogens with one attached hydrogen (secondary N) is 2. The van der Waals surface area contributed by atoms with Crippen LogP contribution in [-0.2, 0) is 0 Å². The first-order valence-corrected chi connectivity index (χ1v) is 4.25. The van der Waals surface area contributed by atoms with E-state index < -0.39 is 0 Å². The third-order valence-electron chi connectivity index (χ3n) is 1.88. The molecule has 1 aromatic carbocycles. The van der Waals surface area contributed by atoms with Gasteiger partial charge in [-0.2, -0.15) is 5.10 Å². The van der Waals surface area contributed by atoms with Gasteiger partial charge in [-0.1, -0.05) is 12.1 Å². The van der Waals surface area contributed by atoms with Crippen molar-refractivity contribution in [2.75, 3.05) is 5.43 Å². The zero-order valence-electron chi connectivity index (χ0n) is 7.78. The van der Waals surface area contributed by atoms with Crippen molar-refractivity contribution in [3.05, 3.63) is 30.1 Å². The molecule has 0 unspecified atom stereocenters. The maximum Gasteiger partial charge on any atom is 0.181 e. The lowest BCUT2D eigenvalue weighted by Crippen LogP contribution is -2.06. The Morgan fingerprint density at radius 1 is 1.43 bits per heavy atom. The van der Waals surface area contributed by atoms with E-state index in [1.165, 1.54) is 0 Å². The first kappa shape index (κ1) is 8.71. The highest BCUT2D eigenvalue weighted by atomic mass is 15.2. The summed E-state index contributed by atoms with van der Waals surface area (Å²) in [5.41, 5.74) is 4.35. The fourth-order valence-electron chi connectivity index (χ4n) is 1.22. The van der Waals surface area contributed by atoms with Crippen molar-refractivity contribution >= 4 is 5.69 Å². The van der Waals surface area contributed by atoms with Gasteiger partial charge < -0.3 is 5.43 Å². The molecule has 0 bridgehead atoms. The maximum absolute atomic E-state index is 5.30. The average molecular weight is 189 g/mol. The molecule has 0 spiro atoms. The topological polar surface area (TPSA) is 79.6 Å². The molecule has 0 fully saturated rings. The molecule has 72 valence electrons. The van der Waals surface area contributed by atoms with Gasteiger partial charge in [0.25, 0.3) is 0 Å². The number of nitrogens with zero attached hydrogens (tertiary/aromatic N) is 2.